The van der Waals surface area contributed by atoms with Gasteiger partial charge in [0, 0.05) is 12.4 Å². The zero-order valence-electron chi connectivity index (χ0n) is 7.07. The average Bonchev–Trinajstić information content (AvgIpc) is 2.16. The van der Waals surface area contributed by atoms with Gasteiger partial charge in [-0.2, -0.15) is 0 Å². The highest BCUT2D eigenvalue weighted by Gasteiger charge is 2.08. The summed E-state index contributed by atoms with van der Waals surface area (Å²) in [5, 5.41) is 0. The molecule has 0 aliphatic heterocycles. The van der Waals surface area contributed by atoms with Gasteiger partial charge in [0.1, 0.15) is 5.76 Å². The second-order valence-corrected chi connectivity index (χ2v) is 2.04. The van der Waals surface area contributed by atoms with Crippen molar-refractivity contribution in [1.29, 1.82) is 0 Å². The molecule has 64 valence electrons. The van der Waals surface area contributed by atoms with Crippen LogP contribution in [0.3, 0.4) is 0 Å². The largest absolute Gasteiger partial charge is 0.495 e. The number of hydrogen-bond acceptors (Lipinski definition) is 4. The maximum Gasteiger partial charge on any atom is 0.243 e. The highest BCUT2D eigenvalue weighted by atomic mass is 16.5. The number of methoxy groups -OCH3 is 2. The van der Waals surface area contributed by atoms with Crippen molar-refractivity contribution in [2.24, 2.45) is 0 Å². The molecule has 1 aromatic rings. The van der Waals surface area contributed by atoms with Crippen LogP contribution < -0.4 is 4.74 Å². The summed E-state index contributed by atoms with van der Waals surface area (Å²) in [7, 11) is 3.05. The molecule has 4 heteroatoms. The molecule has 0 saturated carbocycles. The van der Waals surface area contributed by atoms with Gasteiger partial charge in [-0.25, -0.2) is 9.97 Å². The zero-order valence-corrected chi connectivity index (χ0v) is 7.07. The minimum atomic E-state index is 0.421. The van der Waals surface area contributed by atoms with Gasteiger partial charge in [-0.15, -0.1) is 0 Å². The van der Waals surface area contributed by atoms with Gasteiger partial charge < -0.3 is 9.47 Å². The molecule has 0 aromatic carbocycles. The Bertz CT molecular complexity index is 286. The molecule has 0 fully saturated rings. The monoisotopic (exact) mass is 166 g/mol. The third-order valence-electron chi connectivity index (χ3n) is 1.37. The second kappa shape index (κ2) is 3.71. The molecule has 0 spiro atoms. The summed E-state index contributed by atoms with van der Waals surface area (Å²) in [5.74, 6) is 0.865. The first-order chi connectivity index (χ1) is 5.79. The fourth-order valence-electron chi connectivity index (χ4n) is 0.763. The fraction of sp³-hybridized carbons (Fsp3) is 0.250. The molecule has 0 radical (unpaired) electrons. The van der Waals surface area contributed by atoms with Crippen LogP contribution in [0.5, 0.6) is 5.88 Å². The molecule has 1 heterocycles. The standard InChI is InChI=1S/C8H10N2O2/c1-6(11-2)7-8(12-3)10-5-4-9-7/h4-5H,1H2,2-3H3. The van der Waals surface area contributed by atoms with E-state index in [1.54, 1.807) is 12.4 Å². The topological polar surface area (TPSA) is 44.2 Å². The van der Waals surface area contributed by atoms with E-state index in [0.29, 0.717) is 17.3 Å². The summed E-state index contributed by atoms with van der Waals surface area (Å²) in [4.78, 5) is 7.95. The van der Waals surface area contributed by atoms with Gasteiger partial charge in [-0.05, 0) is 0 Å². The Morgan fingerprint density at radius 3 is 2.58 bits per heavy atom. The number of rotatable bonds is 3. The normalized spacial score (nSPS) is 9.17. The lowest BCUT2D eigenvalue weighted by molar-refractivity contribution is 0.355. The minimum Gasteiger partial charge on any atom is -0.495 e. The molecule has 4 nitrogen and oxygen atoms in total. The van der Waals surface area contributed by atoms with Crippen LogP contribution in [0.1, 0.15) is 5.69 Å². The average molecular weight is 166 g/mol. The molecule has 0 aliphatic carbocycles. The molecule has 12 heavy (non-hydrogen) atoms. The predicted octanol–water partition coefficient (Wildman–Crippen LogP) is 1.10. The Balaban J connectivity index is 3.04. The lowest BCUT2D eigenvalue weighted by atomic mass is 10.4. The Kier molecular flexibility index (Phi) is 2.63. The van der Waals surface area contributed by atoms with Crippen LogP contribution in [0.25, 0.3) is 5.76 Å². The fourth-order valence-corrected chi connectivity index (χ4v) is 0.763. The molecule has 1 aromatic heterocycles. The van der Waals surface area contributed by atoms with Crippen molar-refractivity contribution in [3.8, 4) is 5.88 Å². The Morgan fingerprint density at radius 2 is 2.00 bits per heavy atom. The van der Waals surface area contributed by atoms with Crippen LogP contribution in [-0.4, -0.2) is 24.2 Å². The van der Waals surface area contributed by atoms with Gasteiger partial charge in [-0.3, -0.25) is 0 Å². The van der Waals surface area contributed by atoms with E-state index >= 15 is 0 Å². The van der Waals surface area contributed by atoms with Gasteiger partial charge >= 0.3 is 0 Å². The van der Waals surface area contributed by atoms with E-state index in [1.807, 2.05) is 0 Å². The molecule has 0 saturated heterocycles. The van der Waals surface area contributed by atoms with Crippen LogP contribution in [0, 0.1) is 0 Å². The van der Waals surface area contributed by atoms with Crippen LogP contribution in [0.15, 0.2) is 19.0 Å². The molecule has 0 amide bonds. The number of ether oxygens (including phenoxy) is 2. The lowest BCUT2D eigenvalue weighted by Gasteiger charge is -2.06. The van der Waals surface area contributed by atoms with Crippen LogP contribution >= 0.6 is 0 Å². The summed E-state index contributed by atoms with van der Waals surface area (Å²) in [5.41, 5.74) is 0.530. The van der Waals surface area contributed by atoms with Crippen LogP contribution in [0.4, 0.5) is 0 Å². The highest BCUT2D eigenvalue weighted by Crippen LogP contribution is 2.18. The van der Waals surface area contributed by atoms with Crippen molar-refractivity contribution in [2.75, 3.05) is 14.2 Å². The van der Waals surface area contributed by atoms with E-state index in [9.17, 15) is 0 Å². The van der Waals surface area contributed by atoms with E-state index in [4.69, 9.17) is 9.47 Å². The van der Waals surface area contributed by atoms with Gasteiger partial charge in [-0.1, -0.05) is 6.58 Å². The number of nitrogens with zero attached hydrogens (tertiary/aromatic N) is 2. The molecule has 1 rings (SSSR count). The maximum atomic E-state index is 4.95. The van der Waals surface area contributed by atoms with E-state index in [0.717, 1.165) is 0 Å². The van der Waals surface area contributed by atoms with Gasteiger partial charge in [0.05, 0.1) is 14.2 Å². The Morgan fingerprint density at radius 1 is 1.33 bits per heavy atom. The lowest BCUT2D eigenvalue weighted by Crippen LogP contribution is -1.97. The SMILES string of the molecule is C=C(OC)c1nccnc1OC. The smallest absolute Gasteiger partial charge is 0.243 e. The minimum absolute atomic E-state index is 0.421. The van der Waals surface area contributed by atoms with Crippen molar-refractivity contribution in [1.82, 2.24) is 9.97 Å². The van der Waals surface area contributed by atoms with Crippen LogP contribution in [-0.2, 0) is 4.74 Å². The summed E-state index contributed by atoms with van der Waals surface area (Å²) in [6.45, 7) is 3.65. The summed E-state index contributed by atoms with van der Waals surface area (Å²) in [6.07, 6.45) is 3.10. The number of hydrogen-bond donors (Lipinski definition) is 0. The van der Waals surface area contributed by atoms with Crippen molar-refractivity contribution in [2.45, 2.75) is 0 Å². The maximum absolute atomic E-state index is 4.95. The molecule has 0 bridgehead atoms. The predicted molar refractivity (Wildman–Crippen MR) is 44.6 cm³/mol. The van der Waals surface area contributed by atoms with E-state index in [2.05, 4.69) is 16.5 Å². The Hall–Kier alpha value is -1.58. The summed E-state index contributed by atoms with van der Waals surface area (Å²) in [6, 6.07) is 0. The quantitative estimate of drug-likeness (QED) is 0.631. The first-order valence-corrected chi connectivity index (χ1v) is 3.38. The Labute approximate surface area is 70.9 Å². The number of aromatic nitrogens is 2. The molecular formula is C8H10N2O2. The van der Waals surface area contributed by atoms with Gasteiger partial charge in [0.2, 0.25) is 5.88 Å². The molecule has 0 N–H and O–H groups in total. The molecule has 0 aliphatic rings. The van der Waals surface area contributed by atoms with E-state index in [-0.39, 0.29) is 0 Å². The second-order valence-electron chi connectivity index (χ2n) is 2.04. The summed E-state index contributed by atoms with van der Waals surface area (Å²) >= 11 is 0. The van der Waals surface area contributed by atoms with E-state index < -0.39 is 0 Å². The van der Waals surface area contributed by atoms with Gasteiger partial charge in [0.25, 0.3) is 0 Å². The van der Waals surface area contributed by atoms with Crippen molar-refractivity contribution in [3.05, 3.63) is 24.7 Å². The van der Waals surface area contributed by atoms with Crippen molar-refractivity contribution < 1.29 is 9.47 Å². The van der Waals surface area contributed by atoms with Crippen molar-refractivity contribution in [3.63, 3.8) is 0 Å². The highest BCUT2D eigenvalue weighted by molar-refractivity contribution is 5.57. The summed E-state index contributed by atoms with van der Waals surface area (Å²) < 4.78 is 9.86. The van der Waals surface area contributed by atoms with Crippen molar-refractivity contribution >= 4 is 5.76 Å². The first kappa shape index (κ1) is 8.52. The van der Waals surface area contributed by atoms with Gasteiger partial charge in [0.15, 0.2) is 5.69 Å². The zero-order chi connectivity index (χ0) is 8.97. The van der Waals surface area contributed by atoms with Crippen LogP contribution in [0.2, 0.25) is 0 Å². The third kappa shape index (κ3) is 1.53. The molecular weight excluding hydrogens is 156 g/mol. The van der Waals surface area contributed by atoms with E-state index in [1.165, 1.54) is 14.2 Å². The molecule has 0 atom stereocenters. The third-order valence-corrected chi connectivity index (χ3v) is 1.37. The molecule has 0 unspecified atom stereocenters. The first-order valence-electron chi connectivity index (χ1n) is 3.38.